The maximum Gasteiger partial charge on any atom is 0.335 e. The standard InChI is InChI=1S/C7H6O2.C3H6O2/c8-7(9)6-4-2-1-3-5-6;1-3(5)2-4/h1-5H,(H,8,9);4H,2H2,1H3. The summed E-state index contributed by atoms with van der Waals surface area (Å²) in [7, 11) is 0. The van der Waals surface area contributed by atoms with Gasteiger partial charge in [0.15, 0.2) is 5.78 Å². The van der Waals surface area contributed by atoms with Crippen LogP contribution in [0.4, 0.5) is 0 Å². The maximum atomic E-state index is 10.2. The highest BCUT2D eigenvalue weighted by Gasteiger charge is 1.96. The lowest BCUT2D eigenvalue weighted by molar-refractivity contribution is -0.119. The molecule has 0 bridgehead atoms. The predicted molar refractivity (Wildman–Crippen MR) is 51.2 cm³/mol. The van der Waals surface area contributed by atoms with E-state index in [1.807, 2.05) is 0 Å². The molecule has 0 saturated carbocycles. The number of carbonyl (C=O) groups excluding carboxylic acids is 1. The van der Waals surface area contributed by atoms with Gasteiger partial charge in [-0.15, -0.1) is 0 Å². The molecule has 0 heterocycles. The summed E-state index contributed by atoms with van der Waals surface area (Å²) < 4.78 is 0. The Morgan fingerprint density at radius 1 is 1.21 bits per heavy atom. The highest BCUT2D eigenvalue weighted by Crippen LogP contribution is 1.96. The van der Waals surface area contributed by atoms with E-state index >= 15 is 0 Å². The van der Waals surface area contributed by atoms with Gasteiger partial charge >= 0.3 is 5.97 Å². The Morgan fingerprint density at radius 2 is 1.64 bits per heavy atom. The van der Waals surface area contributed by atoms with E-state index in [1.165, 1.54) is 6.92 Å². The van der Waals surface area contributed by atoms with Crippen molar-refractivity contribution in [2.45, 2.75) is 6.92 Å². The molecule has 0 spiro atoms. The normalized spacial score (nSPS) is 8.43. The van der Waals surface area contributed by atoms with E-state index in [-0.39, 0.29) is 12.4 Å². The lowest BCUT2D eigenvalue weighted by Gasteiger charge is -1.88. The molecule has 2 N–H and O–H groups in total. The number of hydrogen-bond acceptors (Lipinski definition) is 3. The Hall–Kier alpha value is -1.68. The fourth-order valence-corrected chi connectivity index (χ4v) is 0.581. The third kappa shape index (κ3) is 5.91. The Balaban J connectivity index is 0.000000292. The molecule has 0 aliphatic carbocycles. The van der Waals surface area contributed by atoms with Gasteiger partial charge in [0.25, 0.3) is 0 Å². The number of hydrogen-bond donors (Lipinski definition) is 2. The molecule has 0 aliphatic rings. The zero-order chi connectivity index (χ0) is 11.0. The molecule has 0 fully saturated rings. The molecular formula is C10H12O4. The summed E-state index contributed by atoms with van der Waals surface area (Å²) in [6.45, 7) is 1.000. The number of carboxylic acid groups (broad SMARTS) is 1. The van der Waals surface area contributed by atoms with E-state index in [2.05, 4.69) is 0 Å². The second kappa shape index (κ2) is 6.80. The van der Waals surface area contributed by atoms with Crippen LogP contribution in [0.1, 0.15) is 17.3 Å². The number of benzene rings is 1. The van der Waals surface area contributed by atoms with Crippen molar-refractivity contribution >= 4 is 11.8 Å². The fourth-order valence-electron chi connectivity index (χ4n) is 0.581. The van der Waals surface area contributed by atoms with Crippen LogP contribution in [0.15, 0.2) is 30.3 Å². The van der Waals surface area contributed by atoms with Crippen molar-refractivity contribution in [1.29, 1.82) is 0 Å². The third-order valence-corrected chi connectivity index (χ3v) is 1.24. The van der Waals surface area contributed by atoms with Crippen LogP contribution < -0.4 is 0 Å². The van der Waals surface area contributed by atoms with Gasteiger partial charge in [-0.1, -0.05) is 18.2 Å². The summed E-state index contributed by atoms with van der Waals surface area (Å²) >= 11 is 0. The van der Waals surface area contributed by atoms with Gasteiger partial charge in [-0.25, -0.2) is 4.79 Å². The molecule has 0 unspecified atom stereocenters. The van der Waals surface area contributed by atoms with Gasteiger partial charge < -0.3 is 10.2 Å². The Morgan fingerprint density at radius 3 is 1.86 bits per heavy atom. The molecule has 0 aliphatic heterocycles. The quantitative estimate of drug-likeness (QED) is 0.738. The van der Waals surface area contributed by atoms with Gasteiger partial charge in [-0.05, 0) is 19.1 Å². The van der Waals surface area contributed by atoms with Gasteiger partial charge in [-0.3, -0.25) is 4.79 Å². The molecule has 0 amide bonds. The molecule has 1 aromatic rings. The lowest BCUT2D eigenvalue weighted by Crippen LogP contribution is -1.93. The van der Waals surface area contributed by atoms with Gasteiger partial charge in [0.05, 0.1) is 5.56 Å². The van der Waals surface area contributed by atoms with E-state index in [0.29, 0.717) is 5.56 Å². The van der Waals surface area contributed by atoms with Crippen molar-refractivity contribution in [1.82, 2.24) is 0 Å². The van der Waals surface area contributed by atoms with Gasteiger partial charge in [0.2, 0.25) is 0 Å². The SMILES string of the molecule is CC(=O)CO.O=C(O)c1ccccc1. The molecule has 14 heavy (non-hydrogen) atoms. The number of Topliss-reactive ketones (excluding diaryl/α,β-unsaturated/α-hetero) is 1. The number of aliphatic hydroxyl groups excluding tert-OH is 1. The first kappa shape index (κ1) is 12.3. The summed E-state index contributed by atoms with van der Waals surface area (Å²) in [4.78, 5) is 19.8. The first-order valence-electron chi connectivity index (χ1n) is 3.96. The van der Waals surface area contributed by atoms with E-state index < -0.39 is 5.97 Å². The highest BCUT2D eigenvalue weighted by atomic mass is 16.4. The predicted octanol–water partition coefficient (Wildman–Crippen LogP) is 0.953. The number of carbonyl (C=O) groups is 2. The van der Waals surface area contributed by atoms with E-state index in [0.717, 1.165) is 0 Å². The fraction of sp³-hybridized carbons (Fsp3) is 0.200. The molecule has 76 valence electrons. The van der Waals surface area contributed by atoms with Crippen LogP contribution in [0, 0.1) is 0 Å². The van der Waals surface area contributed by atoms with Crippen molar-refractivity contribution in [3.63, 3.8) is 0 Å². The van der Waals surface area contributed by atoms with Crippen LogP contribution in [0.25, 0.3) is 0 Å². The summed E-state index contributed by atoms with van der Waals surface area (Å²) in [5.74, 6) is -1.07. The molecule has 0 atom stereocenters. The minimum absolute atomic E-state index is 0.190. The number of carboxylic acids is 1. The number of aliphatic hydroxyl groups is 1. The highest BCUT2D eigenvalue weighted by molar-refractivity contribution is 5.87. The molecule has 0 radical (unpaired) electrons. The van der Waals surface area contributed by atoms with Crippen LogP contribution in [0.2, 0.25) is 0 Å². The average Bonchev–Trinajstić information content (AvgIpc) is 2.20. The molecule has 4 heteroatoms. The van der Waals surface area contributed by atoms with Crippen molar-refractivity contribution in [3.8, 4) is 0 Å². The van der Waals surface area contributed by atoms with Crippen LogP contribution >= 0.6 is 0 Å². The first-order valence-corrected chi connectivity index (χ1v) is 3.96. The monoisotopic (exact) mass is 196 g/mol. The third-order valence-electron chi connectivity index (χ3n) is 1.24. The largest absolute Gasteiger partial charge is 0.478 e. The van der Waals surface area contributed by atoms with Crippen LogP contribution in [-0.2, 0) is 4.79 Å². The molecule has 0 saturated heterocycles. The summed E-state index contributed by atoms with van der Waals surface area (Å²) in [6, 6.07) is 8.30. The smallest absolute Gasteiger partial charge is 0.335 e. The summed E-state index contributed by atoms with van der Waals surface area (Å²) in [5.41, 5.74) is 0.331. The summed E-state index contributed by atoms with van der Waals surface area (Å²) in [5, 5.41) is 16.2. The second-order valence-electron chi connectivity index (χ2n) is 2.53. The van der Waals surface area contributed by atoms with Crippen molar-refractivity contribution in [3.05, 3.63) is 35.9 Å². The van der Waals surface area contributed by atoms with Crippen LogP contribution in [0.3, 0.4) is 0 Å². The Kier molecular flexibility index (Phi) is 5.98. The number of aromatic carboxylic acids is 1. The number of rotatable bonds is 2. The van der Waals surface area contributed by atoms with Crippen molar-refractivity contribution in [2.75, 3.05) is 6.61 Å². The number of ketones is 1. The topological polar surface area (TPSA) is 74.6 Å². The minimum atomic E-state index is -0.879. The van der Waals surface area contributed by atoms with E-state index in [1.54, 1.807) is 30.3 Å². The van der Waals surface area contributed by atoms with Gasteiger partial charge in [0, 0.05) is 0 Å². The molecule has 1 rings (SSSR count). The van der Waals surface area contributed by atoms with Gasteiger partial charge in [0.1, 0.15) is 6.61 Å². The zero-order valence-corrected chi connectivity index (χ0v) is 7.80. The lowest BCUT2D eigenvalue weighted by atomic mass is 10.2. The van der Waals surface area contributed by atoms with E-state index in [9.17, 15) is 9.59 Å². The molecule has 1 aromatic carbocycles. The summed E-state index contributed by atoms with van der Waals surface area (Å²) in [6.07, 6.45) is 0. The maximum absolute atomic E-state index is 10.2. The Labute approximate surface area is 81.8 Å². The second-order valence-corrected chi connectivity index (χ2v) is 2.53. The van der Waals surface area contributed by atoms with E-state index in [4.69, 9.17) is 10.2 Å². The van der Waals surface area contributed by atoms with Crippen LogP contribution in [0.5, 0.6) is 0 Å². The first-order chi connectivity index (χ1) is 6.57. The van der Waals surface area contributed by atoms with Crippen LogP contribution in [-0.4, -0.2) is 28.6 Å². The Bertz CT molecular complexity index is 292. The van der Waals surface area contributed by atoms with Gasteiger partial charge in [-0.2, -0.15) is 0 Å². The average molecular weight is 196 g/mol. The van der Waals surface area contributed by atoms with Crippen molar-refractivity contribution in [2.24, 2.45) is 0 Å². The molecule has 4 nitrogen and oxygen atoms in total. The zero-order valence-electron chi connectivity index (χ0n) is 7.80. The molecular weight excluding hydrogens is 184 g/mol. The molecule has 0 aromatic heterocycles. The van der Waals surface area contributed by atoms with Crippen molar-refractivity contribution < 1.29 is 19.8 Å². The minimum Gasteiger partial charge on any atom is -0.478 e.